The molecule has 0 atom stereocenters. The molecule has 0 radical (unpaired) electrons. The summed E-state index contributed by atoms with van der Waals surface area (Å²) in [5, 5.41) is 0. The SMILES string of the molecule is COCc1cccc(C(=O)Oc2c(C)cc(C)cc2C)c1. The van der Waals surface area contributed by atoms with Crippen molar-refractivity contribution < 1.29 is 14.3 Å². The minimum Gasteiger partial charge on any atom is -0.422 e. The summed E-state index contributed by atoms with van der Waals surface area (Å²) in [5.41, 5.74) is 4.57. The van der Waals surface area contributed by atoms with Crippen LogP contribution in [0, 0.1) is 20.8 Å². The van der Waals surface area contributed by atoms with E-state index in [1.165, 1.54) is 0 Å². The molecule has 0 amide bonds. The second kappa shape index (κ2) is 6.55. The molecule has 0 spiro atoms. The van der Waals surface area contributed by atoms with Gasteiger partial charge in [-0.3, -0.25) is 0 Å². The molecule has 0 aliphatic rings. The topological polar surface area (TPSA) is 35.5 Å². The number of carbonyl (C=O) groups is 1. The summed E-state index contributed by atoms with van der Waals surface area (Å²) < 4.78 is 10.7. The molecule has 0 aliphatic heterocycles. The molecule has 0 aliphatic carbocycles. The highest BCUT2D eigenvalue weighted by atomic mass is 16.5. The van der Waals surface area contributed by atoms with Gasteiger partial charge >= 0.3 is 5.97 Å². The van der Waals surface area contributed by atoms with E-state index in [9.17, 15) is 4.79 Å². The zero-order valence-corrected chi connectivity index (χ0v) is 12.9. The maximum Gasteiger partial charge on any atom is 0.343 e. The summed E-state index contributed by atoms with van der Waals surface area (Å²) in [4.78, 5) is 12.3. The van der Waals surface area contributed by atoms with Crippen LogP contribution in [0.15, 0.2) is 36.4 Å². The van der Waals surface area contributed by atoms with Crippen LogP contribution in [0.2, 0.25) is 0 Å². The van der Waals surface area contributed by atoms with E-state index in [1.807, 2.05) is 45.0 Å². The van der Waals surface area contributed by atoms with Crippen LogP contribution in [0.4, 0.5) is 0 Å². The van der Waals surface area contributed by atoms with Gasteiger partial charge in [-0.15, -0.1) is 0 Å². The van der Waals surface area contributed by atoms with Crippen molar-refractivity contribution in [3.05, 3.63) is 64.2 Å². The van der Waals surface area contributed by atoms with Gasteiger partial charge in [0, 0.05) is 7.11 Å². The number of aryl methyl sites for hydroxylation is 3. The van der Waals surface area contributed by atoms with Crippen LogP contribution in [0.3, 0.4) is 0 Å². The predicted molar refractivity (Wildman–Crippen MR) is 82.8 cm³/mol. The molecule has 2 rings (SSSR count). The molecule has 0 fully saturated rings. The lowest BCUT2D eigenvalue weighted by atomic mass is 10.1. The van der Waals surface area contributed by atoms with Gasteiger partial charge < -0.3 is 9.47 Å². The van der Waals surface area contributed by atoms with E-state index >= 15 is 0 Å². The van der Waals surface area contributed by atoms with Crippen molar-refractivity contribution in [2.24, 2.45) is 0 Å². The zero-order valence-electron chi connectivity index (χ0n) is 12.9. The lowest BCUT2D eigenvalue weighted by molar-refractivity contribution is 0.0732. The van der Waals surface area contributed by atoms with Crippen molar-refractivity contribution in [1.29, 1.82) is 0 Å². The number of rotatable bonds is 4. The number of ether oxygens (including phenoxy) is 2. The first-order valence-electron chi connectivity index (χ1n) is 6.89. The minimum absolute atomic E-state index is 0.344. The van der Waals surface area contributed by atoms with Crippen LogP contribution < -0.4 is 4.74 Å². The number of methoxy groups -OCH3 is 1. The number of hydrogen-bond donors (Lipinski definition) is 0. The Labute approximate surface area is 125 Å². The highest BCUT2D eigenvalue weighted by Gasteiger charge is 2.13. The van der Waals surface area contributed by atoms with Crippen LogP contribution in [-0.4, -0.2) is 13.1 Å². The Bertz CT molecular complexity index is 636. The molecule has 0 saturated carbocycles. The van der Waals surface area contributed by atoms with Gasteiger partial charge in [-0.2, -0.15) is 0 Å². The second-order valence-electron chi connectivity index (χ2n) is 5.25. The van der Waals surface area contributed by atoms with Gasteiger partial charge in [-0.05, 0) is 49.6 Å². The van der Waals surface area contributed by atoms with Crippen molar-refractivity contribution >= 4 is 5.97 Å². The molecule has 0 saturated heterocycles. The molecule has 2 aromatic rings. The molecule has 2 aromatic carbocycles. The van der Waals surface area contributed by atoms with Crippen LogP contribution >= 0.6 is 0 Å². The minimum atomic E-state index is -0.344. The monoisotopic (exact) mass is 284 g/mol. The second-order valence-corrected chi connectivity index (χ2v) is 5.25. The first-order valence-corrected chi connectivity index (χ1v) is 6.89. The van der Waals surface area contributed by atoms with Gasteiger partial charge in [0.1, 0.15) is 5.75 Å². The Morgan fingerprint density at radius 1 is 1.05 bits per heavy atom. The van der Waals surface area contributed by atoms with Crippen molar-refractivity contribution in [2.45, 2.75) is 27.4 Å². The quantitative estimate of drug-likeness (QED) is 0.629. The lowest BCUT2D eigenvalue weighted by Gasteiger charge is -2.12. The molecule has 3 nitrogen and oxygen atoms in total. The summed E-state index contributed by atoms with van der Waals surface area (Å²) in [6.45, 7) is 6.40. The molecule has 110 valence electrons. The van der Waals surface area contributed by atoms with E-state index in [2.05, 4.69) is 0 Å². The molecule has 0 N–H and O–H groups in total. The molecule has 0 bridgehead atoms. The molecule has 0 aromatic heterocycles. The molecule has 0 heterocycles. The molecule has 0 unspecified atom stereocenters. The molecule has 21 heavy (non-hydrogen) atoms. The summed E-state index contributed by atoms with van der Waals surface area (Å²) in [6, 6.07) is 11.3. The van der Waals surface area contributed by atoms with Gasteiger partial charge in [-0.25, -0.2) is 4.79 Å². The third kappa shape index (κ3) is 3.70. The smallest absolute Gasteiger partial charge is 0.343 e. The molecular weight excluding hydrogens is 264 g/mol. The Morgan fingerprint density at radius 3 is 2.33 bits per heavy atom. The highest BCUT2D eigenvalue weighted by Crippen LogP contribution is 2.25. The van der Waals surface area contributed by atoms with E-state index in [1.54, 1.807) is 19.2 Å². The zero-order chi connectivity index (χ0) is 15.4. The predicted octanol–water partition coefficient (Wildman–Crippen LogP) is 3.98. The standard InChI is InChI=1S/C18H20O3/c1-12-8-13(2)17(14(3)9-12)21-18(19)16-7-5-6-15(10-16)11-20-4/h5-10H,11H2,1-4H3. The summed E-state index contributed by atoms with van der Waals surface area (Å²) in [7, 11) is 1.63. The summed E-state index contributed by atoms with van der Waals surface area (Å²) in [5.74, 6) is 0.297. The first kappa shape index (κ1) is 15.3. The van der Waals surface area contributed by atoms with Gasteiger partial charge in [-0.1, -0.05) is 29.8 Å². The third-order valence-electron chi connectivity index (χ3n) is 3.27. The van der Waals surface area contributed by atoms with Crippen molar-refractivity contribution in [2.75, 3.05) is 7.11 Å². The van der Waals surface area contributed by atoms with E-state index < -0.39 is 0 Å². The Hall–Kier alpha value is -2.13. The number of hydrogen-bond acceptors (Lipinski definition) is 3. The van der Waals surface area contributed by atoms with Crippen molar-refractivity contribution in [1.82, 2.24) is 0 Å². The van der Waals surface area contributed by atoms with Crippen LogP contribution in [0.25, 0.3) is 0 Å². The highest BCUT2D eigenvalue weighted by molar-refractivity contribution is 5.91. The average Bonchev–Trinajstić information content (AvgIpc) is 2.43. The van der Waals surface area contributed by atoms with Crippen molar-refractivity contribution in [3.8, 4) is 5.75 Å². The van der Waals surface area contributed by atoms with Gasteiger partial charge in [0.25, 0.3) is 0 Å². The summed E-state index contributed by atoms with van der Waals surface area (Å²) in [6.07, 6.45) is 0. The van der Waals surface area contributed by atoms with Gasteiger partial charge in [0.2, 0.25) is 0 Å². The lowest BCUT2D eigenvalue weighted by Crippen LogP contribution is -2.11. The molecule has 3 heteroatoms. The fourth-order valence-corrected chi connectivity index (χ4v) is 2.43. The van der Waals surface area contributed by atoms with E-state index in [0.717, 1.165) is 22.3 Å². The molecular formula is C18H20O3. The first-order chi connectivity index (χ1) is 10.0. The maximum atomic E-state index is 12.3. The van der Waals surface area contributed by atoms with Gasteiger partial charge in [0.15, 0.2) is 0 Å². The Kier molecular flexibility index (Phi) is 4.76. The van der Waals surface area contributed by atoms with Gasteiger partial charge in [0.05, 0.1) is 12.2 Å². The van der Waals surface area contributed by atoms with Crippen LogP contribution in [0.5, 0.6) is 5.75 Å². The number of esters is 1. The number of benzene rings is 2. The van der Waals surface area contributed by atoms with Crippen molar-refractivity contribution in [3.63, 3.8) is 0 Å². The average molecular weight is 284 g/mol. The normalized spacial score (nSPS) is 10.5. The summed E-state index contributed by atoms with van der Waals surface area (Å²) >= 11 is 0. The van der Waals surface area contributed by atoms with E-state index in [4.69, 9.17) is 9.47 Å². The van der Waals surface area contributed by atoms with Crippen LogP contribution in [-0.2, 0) is 11.3 Å². The largest absolute Gasteiger partial charge is 0.422 e. The maximum absolute atomic E-state index is 12.3. The van der Waals surface area contributed by atoms with E-state index in [-0.39, 0.29) is 5.97 Å². The van der Waals surface area contributed by atoms with E-state index in [0.29, 0.717) is 17.9 Å². The van der Waals surface area contributed by atoms with Crippen LogP contribution in [0.1, 0.15) is 32.6 Å². The third-order valence-corrected chi connectivity index (χ3v) is 3.27. The fourth-order valence-electron chi connectivity index (χ4n) is 2.43. The Balaban J connectivity index is 2.24. The number of carbonyl (C=O) groups excluding carboxylic acids is 1. The Morgan fingerprint density at radius 2 is 1.71 bits per heavy atom. The fraction of sp³-hybridized carbons (Fsp3) is 0.278.